The Kier molecular flexibility index (Phi) is 6.75. The predicted molar refractivity (Wildman–Crippen MR) is 127 cm³/mol. The van der Waals surface area contributed by atoms with E-state index in [0.29, 0.717) is 18.0 Å². The summed E-state index contributed by atoms with van der Waals surface area (Å²) in [6, 6.07) is 10.6. The molecule has 0 saturated heterocycles. The van der Waals surface area contributed by atoms with Gasteiger partial charge in [-0.15, -0.1) is 0 Å². The molecule has 1 aliphatic heterocycles. The molecule has 2 aromatic carbocycles. The standard InChI is InChI=1S/C25H31ClN2O5/c1-16(29)28-21-5-4-20(30)12-23(21)32-15-24(2,31)14-27-19-7-9-25(10-8-19)13-17-11-18(26)3-6-22(17)33-25/h3-6,11-12,19,27,30-31H,7-10,13-15H2,1-2H3,(H,28,29)/t19?,24-,25?/m1/s1. The third-order valence-electron chi connectivity index (χ3n) is 6.34. The van der Waals surface area contributed by atoms with Gasteiger partial charge in [-0.05, 0) is 68.5 Å². The van der Waals surface area contributed by atoms with Crippen LogP contribution in [0.15, 0.2) is 36.4 Å². The van der Waals surface area contributed by atoms with Crippen LogP contribution in [0.4, 0.5) is 5.69 Å². The highest BCUT2D eigenvalue weighted by molar-refractivity contribution is 6.30. The van der Waals surface area contributed by atoms with Crippen molar-refractivity contribution in [1.29, 1.82) is 0 Å². The Morgan fingerprint density at radius 1 is 1.27 bits per heavy atom. The van der Waals surface area contributed by atoms with E-state index in [1.54, 1.807) is 13.0 Å². The van der Waals surface area contributed by atoms with Crippen molar-refractivity contribution in [3.63, 3.8) is 0 Å². The van der Waals surface area contributed by atoms with E-state index in [2.05, 4.69) is 10.6 Å². The molecule has 1 fully saturated rings. The Hall–Kier alpha value is -2.48. The molecule has 2 aliphatic rings. The van der Waals surface area contributed by atoms with E-state index in [1.807, 2.05) is 18.2 Å². The molecule has 1 saturated carbocycles. The van der Waals surface area contributed by atoms with Crippen LogP contribution in [-0.2, 0) is 11.2 Å². The van der Waals surface area contributed by atoms with Crippen molar-refractivity contribution in [2.45, 2.75) is 63.2 Å². The molecule has 1 atom stereocenters. The number of aromatic hydroxyl groups is 1. The number of hydrogen-bond acceptors (Lipinski definition) is 6. The monoisotopic (exact) mass is 474 g/mol. The quantitative estimate of drug-likeness (QED) is 0.452. The van der Waals surface area contributed by atoms with Gasteiger partial charge in [0, 0.05) is 37.0 Å². The maximum atomic E-state index is 11.4. The van der Waals surface area contributed by atoms with E-state index < -0.39 is 5.60 Å². The van der Waals surface area contributed by atoms with Gasteiger partial charge in [-0.3, -0.25) is 4.79 Å². The van der Waals surface area contributed by atoms with Crippen molar-refractivity contribution < 1.29 is 24.5 Å². The van der Waals surface area contributed by atoms with Crippen LogP contribution >= 0.6 is 11.6 Å². The van der Waals surface area contributed by atoms with Crippen molar-refractivity contribution in [3.05, 3.63) is 47.0 Å². The number of phenols is 1. The molecule has 1 heterocycles. The van der Waals surface area contributed by atoms with E-state index in [1.165, 1.54) is 24.6 Å². The van der Waals surface area contributed by atoms with Gasteiger partial charge < -0.3 is 30.3 Å². The molecule has 0 radical (unpaired) electrons. The summed E-state index contributed by atoms with van der Waals surface area (Å²) in [6.45, 7) is 3.46. The second-order valence-corrected chi connectivity index (χ2v) is 9.95. The van der Waals surface area contributed by atoms with Gasteiger partial charge in [-0.2, -0.15) is 0 Å². The number of carbonyl (C=O) groups is 1. The fourth-order valence-electron chi connectivity index (χ4n) is 4.60. The first-order chi connectivity index (χ1) is 15.6. The molecule has 4 rings (SSSR count). The molecular weight excluding hydrogens is 444 g/mol. The Bertz CT molecular complexity index is 1020. The van der Waals surface area contributed by atoms with Crippen LogP contribution in [0.1, 0.15) is 45.1 Å². The zero-order chi connectivity index (χ0) is 23.6. The number of halogens is 1. The van der Waals surface area contributed by atoms with Gasteiger partial charge in [0.1, 0.15) is 35.1 Å². The first kappa shape index (κ1) is 23.7. The SMILES string of the molecule is CC(=O)Nc1ccc(O)cc1OC[C@](C)(O)CNC1CCC2(CC1)Cc1cc(Cl)ccc1O2. The molecule has 8 heteroatoms. The molecule has 0 aromatic heterocycles. The van der Waals surface area contributed by atoms with Gasteiger partial charge in [0.25, 0.3) is 0 Å². The molecule has 4 N–H and O–H groups in total. The van der Waals surface area contributed by atoms with Gasteiger partial charge in [0.15, 0.2) is 0 Å². The number of anilines is 1. The van der Waals surface area contributed by atoms with Crippen LogP contribution in [0.2, 0.25) is 5.02 Å². The molecule has 0 bridgehead atoms. The van der Waals surface area contributed by atoms with Crippen molar-refractivity contribution in [1.82, 2.24) is 5.32 Å². The van der Waals surface area contributed by atoms with Crippen LogP contribution in [0.5, 0.6) is 17.2 Å². The summed E-state index contributed by atoms with van der Waals surface area (Å²) in [4.78, 5) is 11.4. The number of ether oxygens (including phenoxy) is 2. The van der Waals surface area contributed by atoms with Gasteiger partial charge in [-0.25, -0.2) is 0 Å². The topological polar surface area (TPSA) is 100 Å². The zero-order valence-corrected chi connectivity index (χ0v) is 19.7. The summed E-state index contributed by atoms with van der Waals surface area (Å²) in [6.07, 6.45) is 4.69. The maximum absolute atomic E-state index is 11.4. The minimum atomic E-state index is -1.13. The third kappa shape index (κ3) is 5.91. The minimum absolute atomic E-state index is 0.00583. The van der Waals surface area contributed by atoms with Gasteiger partial charge in [-0.1, -0.05) is 11.6 Å². The smallest absolute Gasteiger partial charge is 0.221 e. The molecule has 1 aliphatic carbocycles. The Balaban J connectivity index is 1.26. The van der Waals surface area contributed by atoms with E-state index in [4.69, 9.17) is 21.1 Å². The average molecular weight is 475 g/mol. The fourth-order valence-corrected chi connectivity index (χ4v) is 4.80. The Labute approximate surface area is 199 Å². The summed E-state index contributed by atoms with van der Waals surface area (Å²) in [5.41, 5.74) is 0.344. The molecule has 178 valence electrons. The Morgan fingerprint density at radius 3 is 2.76 bits per heavy atom. The largest absolute Gasteiger partial charge is 0.508 e. The van der Waals surface area contributed by atoms with Crippen molar-refractivity contribution >= 4 is 23.2 Å². The second-order valence-electron chi connectivity index (χ2n) is 9.52. The average Bonchev–Trinajstić information content (AvgIpc) is 3.10. The second kappa shape index (κ2) is 9.41. The molecule has 1 amide bonds. The molecule has 2 aromatic rings. The number of phenolic OH excluding ortho intramolecular Hbond substituents is 1. The number of amides is 1. The van der Waals surface area contributed by atoms with Crippen LogP contribution in [0, 0.1) is 0 Å². The van der Waals surface area contributed by atoms with Crippen LogP contribution in [0.25, 0.3) is 0 Å². The molecular formula is C25H31ClN2O5. The first-order valence-electron chi connectivity index (χ1n) is 11.3. The number of hydrogen-bond donors (Lipinski definition) is 4. The van der Waals surface area contributed by atoms with Gasteiger partial charge in [0.05, 0.1) is 5.69 Å². The summed E-state index contributed by atoms with van der Waals surface area (Å²) < 4.78 is 12.1. The van der Waals surface area contributed by atoms with E-state index in [9.17, 15) is 15.0 Å². The summed E-state index contributed by atoms with van der Waals surface area (Å²) >= 11 is 6.13. The van der Waals surface area contributed by atoms with Crippen molar-refractivity contribution in [2.24, 2.45) is 0 Å². The summed E-state index contributed by atoms with van der Waals surface area (Å²) in [5.74, 6) is 1.03. The Morgan fingerprint density at radius 2 is 2.03 bits per heavy atom. The molecule has 1 spiro atoms. The van der Waals surface area contributed by atoms with Crippen LogP contribution in [0.3, 0.4) is 0 Å². The predicted octanol–water partition coefficient (Wildman–Crippen LogP) is 4.04. The van der Waals surface area contributed by atoms with E-state index in [-0.39, 0.29) is 29.9 Å². The fraction of sp³-hybridized carbons (Fsp3) is 0.480. The van der Waals surface area contributed by atoms with E-state index >= 15 is 0 Å². The highest BCUT2D eigenvalue weighted by atomic mass is 35.5. The highest BCUT2D eigenvalue weighted by Crippen LogP contribution is 2.44. The number of carbonyl (C=O) groups excluding carboxylic acids is 1. The van der Waals surface area contributed by atoms with Gasteiger partial charge in [0.2, 0.25) is 5.91 Å². The lowest BCUT2D eigenvalue weighted by Gasteiger charge is -2.38. The van der Waals surface area contributed by atoms with Crippen molar-refractivity contribution in [3.8, 4) is 17.2 Å². The number of fused-ring (bicyclic) bond motifs is 1. The third-order valence-corrected chi connectivity index (χ3v) is 6.58. The number of nitrogens with one attached hydrogen (secondary N) is 2. The van der Waals surface area contributed by atoms with E-state index in [0.717, 1.165) is 42.9 Å². The van der Waals surface area contributed by atoms with Crippen LogP contribution < -0.4 is 20.1 Å². The summed E-state index contributed by atoms with van der Waals surface area (Å²) in [5, 5.41) is 27.4. The molecule has 7 nitrogen and oxygen atoms in total. The molecule has 0 unspecified atom stereocenters. The lowest BCUT2D eigenvalue weighted by Crippen LogP contribution is -2.49. The first-order valence-corrected chi connectivity index (χ1v) is 11.7. The van der Waals surface area contributed by atoms with Gasteiger partial charge >= 0.3 is 0 Å². The lowest BCUT2D eigenvalue weighted by atomic mass is 9.79. The normalized spacial score (nSPS) is 23.5. The maximum Gasteiger partial charge on any atom is 0.221 e. The minimum Gasteiger partial charge on any atom is -0.508 e. The zero-order valence-electron chi connectivity index (χ0n) is 19.0. The number of benzene rings is 2. The molecule has 33 heavy (non-hydrogen) atoms. The summed E-state index contributed by atoms with van der Waals surface area (Å²) in [7, 11) is 0. The number of rotatable bonds is 7. The number of aliphatic hydroxyl groups is 1. The van der Waals surface area contributed by atoms with Crippen molar-refractivity contribution in [2.75, 3.05) is 18.5 Å². The van der Waals surface area contributed by atoms with Crippen LogP contribution in [-0.4, -0.2) is 46.5 Å². The highest BCUT2D eigenvalue weighted by Gasteiger charge is 2.42. The lowest BCUT2D eigenvalue weighted by molar-refractivity contribution is -0.114.